The molecule has 10 aromatic carbocycles. The molecule has 0 aliphatic carbocycles. The van der Waals surface area contributed by atoms with Crippen molar-refractivity contribution in [1.82, 2.24) is 19.9 Å². The molecule has 1 N–H and O–H groups in total. The van der Waals surface area contributed by atoms with E-state index >= 15 is 0 Å². The Bertz CT molecular complexity index is 4380. The maximum atomic E-state index is 13.1. The molecule has 0 saturated carbocycles. The van der Waals surface area contributed by atoms with Gasteiger partial charge in [-0.05, 0) is 104 Å². The Kier molecular flexibility index (Phi) is 25.3. The molecule has 0 unspecified atom stereocenters. The monoisotopic (exact) mass is 1840 g/mol. The maximum absolute atomic E-state index is 13.1. The first-order chi connectivity index (χ1) is 40.1. The van der Waals surface area contributed by atoms with Crippen molar-refractivity contribution in [2.75, 3.05) is 0 Å². The van der Waals surface area contributed by atoms with E-state index in [0.29, 0.717) is 0 Å². The fourth-order valence-electron chi connectivity index (χ4n) is 9.38. The Hall–Kier alpha value is -8.04. The fourth-order valence-corrected chi connectivity index (χ4v) is 9.38. The van der Waals surface area contributed by atoms with E-state index in [1.165, 1.54) is 67.1 Å². The fraction of sp³-hybridized carbons (Fsp3) is 0.0274. The van der Waals surface area contributed by atoms with Gasteiger partial charge in [-0.15, -0.1) is 125 Å². The summed E-state index contributed by atoms with van der Waals surface area (Å²) in [4.78, 5) is 28.3. The van der Waals surface area contributed by atoms with Crippen molar-refractivity contribution in [1.29, 1.82) is 0 Å². The third-order valence-electron chi connectivity index (χ3n) is 13.0. The summed E-state index contributed by atoms with van der Waals surface area (Å²) in [5.41, 5.74) is 8.84. The second-order valence-electron chi connectivity index (χ2n) is 18.7. The molecule has 0 aliphatic heterocycles. The summed E-state index contributed by atoms with van der Waals surface area (Å²) in [6.45, 7) is 2.85. The number of hydrogen-bond donors (Lipinski definition) is 1. The average Bonchev–Trinajstić information content (AvgIpc) is 3.55. The minimum Gasteiger partial charge on any atom is -0.512 e. The predicted molar refractivity (Wildman–Crippen MR) is 326 cm³/mol. The zero-order valence-corrected chi connectivity index (χ0v) is 55.4. The van der Waals surface area contributed by atoms with Gasteiger partial charge in [-0.25, -0.2) is 0 Å². The van der Waals surface area contributed by atoms with Crippen LogP contribution < -0.4 is 0 Å². The van der Waals surface area contributed by atoms with Crippen molar-refractivity contribution in [3.05, 3.63) is 303 Å². The largest absolute Gasteiger partial charge is 0.512 e. The Balaban J connectivity index is 0.000000175. The van der Waals surface area contributed by atoms with Crippen LogP contribution in [0.4, 0.5) is 13.2 Å². The molecule has 0 fully saturated rings. The molecular weight excluding hydrogens is 1790 g/mol. The van der Waals surface area contributed by atoms with E-state index in [0.717, 1.165) is 99.2 Å². The zero-order chi connectivity index (χ0) is 56.8. The van der Waals surface area contributed by atoms with Gasteiger partial charge in [0.25, 0.3) is 0 Å². The first-order valence-corrected chi connectivity index (χ1v) is 26.2. The number of hydrogen-bond acceptors (Lipinski definition) is 6. The van der Waals surface area contributed by atoms with E-state index in [-0.39, 0.29) is 109 Å². The SMILES string of the molecule is CC(=O)C=C(C)O.Fc1c[c-]c(-c2nc3ccccc3c3ccccc23)cc1.Fc1c[c-]c(-c2nc3ccccc3c3ccccc23)cc1.Fc1c[c-]c(-c2nccc3ccccc23)cc1.[Ir].[Ir].[Ir].[Ir].[c-]1ccccc1-c1nccc2ccccc12. The van der Waals surface area contributed by atoms with Gasteiger partial charge in [-0.1, -0.05) is 133 Å². The van der Waals surface area contributed by atoms with Crippen LogP contribution in [0.2, 0.25) is 0 Å². The van der Waals surface area contributed by atoms with Crippen molar-refractivity contribution >= 4 is 70.7 Å². The number of aliphatic hydroxyl groups is 1. The molecule has 434 valence electrons. The van der Waals surface area contributed by atoms with Crippen LogP contribution in [0.25, 0.3) is 110 Å². The Labute approximate surface area is 550 Å². The summed E-state index contributed by atoms with van der Waals surface area (Å²) >= 11 is 0. The van der Waals surface area contributed by atoms with Crippen molar-refractivity contribution in [3.8, 4) is 45.0 Å². The number of benzene rings is 10. The summed E-state index contributed by atoms with van der Waals surface area (Å²) in [6, 6.07) is 86.1. The number of ketones is 1. The van der Waals surface area contributed by atoms with Crippen LogP contribution in [0.3, 0.4) is 0 Å². The molecule has 14 rings (SSSR count). The van der Waals surface area contributed by atoms with Crippen LogP contribution in [-0.4, -0.2) is 30.8 Å². The van der Waals surface area contributed by atoms with E-state index in [1.807, 2.05) is 152 Å². The van der Waals surface area contributed by atoms with Gasteiger partial charge in [0.05, 0.1) is 16.8 Å². The molecule has 0 saturated heterocycles. The number of pyridine rings is 4. The first kappa shape index (κ1) is 67.1. The number of allylic oxidation sites excluding steroid dienone is 2. The van der Waals surface area contributed by atoms with E-state index < -0.39 is 0 Å². The molecule has 4 heterocycles. The van der Waals surface area contributed by atoms with E-state index in [2.05, 4.69) is 70.6 Å². The molecule has 13 heteroatoms. The molecular formula is C73H49F3Ir4N4O2-4. The van der Waals surface area contributed by atoms with Crippen LogP contribution in [0.5, 0.6) is 0 Å². The zero-order valence-electron chi connectivity index (χ0n) is 45.9. The van der Waals surface area contributed by atoms with Gasteiger partial charge in [-0.2, -0.15) is 0 Å². The van der Waals surface area contributed by atoms with Gasteiger partial charge in [-0.3, -0.25) is 27.9 Å². The van der Waals surface area contributed by atoms with E-state index in [9.17, 15) is 18.0 Å². The summed E-state index contributed by atoms with van der Waals surface area (Å²) in [5.74, 6) is -0.922. The second kappa shape index (κ2) is 32.5. The van der Waals surface area contributed by atoms with Gasteiger partial charge in [0.15, 0.2) is 5.78 Å². The normalized spacial score (nSPS) is 10.4. The molecule has 6 nitrogen and oxygen atoms in total. The van der Waals surface area contributed by atoms with Crippen LogP contribution >= 0.6 is 0 Å². The number of aliphatic hydroxyl groups excluding tert-OH is 1. The van der Waals surface area contributed by atoms with Gasteiger partial charge in [0, 0.05) is 127 Å². The van der Waals surface area contributed by atoms with Crippen molar-refractivity contribution in [2.45, 2.75) is 13.8 Å². The number of para-hydroxylation sites is 2. The Morgan fingerprint density at radius 3 is 1.06 bits per heavy atom. The maximum Gasteiger partial charge on any atom is 0.155 e. The summed E-state index contributed by atoms with van der Waals surface area (Å²) in [7, 11) is 0. The molecule has 0 amide bonds. The van der Waals surface area contributed by atoms with Gasteiger partial charge >= 0.3 is 0 Å². The number of rotatable bonds is 5. The van der Waals surface area contributed by atoms with Gasteiger partial charge < -0.3 is 15.1 Å². The summed E-state index contributed by atoms with van der Waals surface area (Å²) in [5, 5.41) is 19.6. The molecule has 0 atom stereocenters. The Morgan fingerprint density at radius 2 is 0.709 bits per heavy atom. The first-order valence-electron chi connectivity index (χ1n) is 26.2. The average molecular weight is 1840 g/mol. The van der Waals surface area contributed by atoms with Gasteiger partial charge in [0.2, 0.25) is 0 Å². The topological polar surface area (TPSA) is 88.9 Å². The molecule has 86 heavy (non-hydrogen) atoms. The second-order valence-corrected chi connectivity index (χ2v) is 18.7. The number of halogens is 3. The standard InChI is InChI=1S/2C19H11FN.C15H9FN.C15H10N.C5H8O2.4Ir/c2*20-14-11-9-13(10-12-14)19-17-7-2-1-5-15(17)16-6-3-4-8-18(16)21-19;16-13-7-5-12(6-8-13)15-14-4-2-1-3-11(14)9-10-17-15;1-2-7-13(8-3-1)15-14-9-5-4-6-12(14)10-11-16-15;1-4(6)3-5(2)7;;;;/h2*1-9,11-12H;1-5,7-10H;1-7,9-11H;3,6H,1-2H3;;;;/q4*-1;;;;;. The van der Waals surface area contributed by atoms with Crippen LogP contribution in [0.15, 0.2) is 261 Å². The molecule has 0 aliphatic rings. The molecule has 4 radical (unpaired) electrons. The quantitative estimate of drug-likeness (QED) is 0.0799. The predicted octanol–water partition coefficient (Wildman–Crippen LogP) is 18.6. The molecule has 0 spiro atoms. The third-order valence-corrected chi connectivity index (χ3v) is 13.0. The van der Waals surface area contributed by atoms with Crippen molar-refractivity contribution in [3.63, 3.8) is 0 Å². The smallest absolute Gasteiger partial charge is 0.155 e. The van der Waals surface area contributed by atoms with Crippen LogP contribution in [0, 0.1) is 41.7 Å². The minimum absolute atomic E-state index is 0. The van der Waals surface area contributed by atoms with Crippen LogP contribution in [-0.2, 0) is 85.2 Å². The van der Waals surface area contributed by atoms with Gasteiger partial charge in [0.1, 0.15) is 0 Å². The number of fused-ring (bicyclic) bond motifs is 8. The van der Waals surface area contributed by atoms with Crippen LogP contribution in [0.1, 0.15) is 13.8 Å². The third kappa shape index (κ3) is 16.7. The van der Waals surface area contributed by atoms with E-state index in [1.54, 1.807) is 24.4 Å². The van der Waals surface area contributed by atoms with Crippen molar-refractivity contribution in [2.24, 2.45) is 0 Å². The molecule has 0 bridgehead atoms. The molecule has 14 aromatic rings. The molecule has 4 aromatic heterocycles. The van der Waals surface area contributed by atoms with Crippen molar-refractivity contribution < 1.29 is 103 Å². The summed E-state index contributed by atoms with van der Waals surface area (Å²) < 4.78 is 39.1. The Morgan fingerprint density at radius 1 is 0.372 bits per heavy atom. The van der Waals surface area contributed by atoms with E-state index in [4.69, 9.17) is 15.1 Å². The minimum atomic E-state index is -0.288. The number of aromatic nitrogens is 4. The number of carbonyl (C=O) groups excluding carboxylic acids is 1. The number of carbonyl (C=O) groups is 1. The summed E-state index contributed by atoms with van der Waals surface area (Å²) in [6.07, 6.45) is 4.77. The number of nitrogens with zero attached hydrogens (tertiary/aromatic N) is 4.